The van der Waals surface area contributed by atoms with Gasteiger partial charge in [0.1, 0.15) is 5.69 Å². The van der Waals surface area contributed by atoms with Crippen LogP contribution in [0.3, 0.4) is 0 Å². The van der Waals surface area contributed by atoms with Gasteiger partial charge in [0.2, 0.25) is 0 Å². The SMILES string of the molecule is O=C(NCCC1CCNC1)c1ccc(N2CCCC2)c([N+](=O)[O-])c1. The zero-order valence-electron chi connectivity index (χ0n) is 13.8. The van der Waals surface area contributed by atoms with Crippen LogP contribution >= 0.6 is 0 Å². The van der Waals surface area contributed by atoms with E-state index >= 15 is 0 Å². The van der Waals surface area contributed by atoms with Crippen molar-refractivity contribution in [1.29, 1.82) is 0 Å². The maximum Gasteiger partial charge on any atom is 0.293 e. The van der Waals surface area contributed by atoms with Crippen molar-refractivity contribution in [2.75, 3.05) is 37.6 Å². The smallest absolute Gasteiger partial charge is 0.293 e. The van der Waals surface area contributed by atoms with E-state index in [1.165, 1.54) is 6.07 Å². The van der Waals surface area contributed by atoms with E-state index in [-0.39, 0.29) is 11.6 Å². The number of nitrogens with zero attached hydrogens (tertiary/aromatic N) is 2. The zero-order chi connectivity index (χ0) is 16.9. The van der Waals surface area contributed by atoms with Crippen LogP contribution in [0, 0.1) is 16.0 Å². The molecular formula is C17H24N4O3. The second-order valence-corrected chi connectivity index (χ2v) is 6.56. The Labute approximate surface area is 141 Å². The number of amides is 1. The highest BCUT2D eigenvalue weighted by molar-refractivity contribution is 5.95. The molecule has 0 spiro atoms. The number of anilines is 1. The minimum absolute atomic E-state index is 0.0181. The van der Waals surface area contributed by atoms with Crippen LogP contribution in [0.1, 0.15) is 36.0 Å². The Morgan fingerprint density at radius 3 is 2.83 bits per heavy atom. The molecule has 0 aromatic heterocycles. The summed E-state index contributed by atoms with van der Waals surface area (Å²) in [6.07, 6.45) is 4.18. The molecule has 2 N–H and O–H groups in total. The molecule has 2 saturated heterocycles. The van der Waals surface area contributed by atoms with Crippen LogP contribution in [0.5, 0.6) is 0 Å². The van der Waals surface area contributed by atoms with Gasteiger partial charge in [0.25, 0.3) is 11.6 Å². The Hall–Kier alpha value is -2.15. The van der Waals surface area contributed by atoms with Crippen molar-refractivity contribution < 1.29 is 9.72 Å². The van der Waals surface area contributed by atoms with Crippen molar-refractivity contribution in [3.63, 3.8) is 0 Å². The van der Waals surface area contributed by atoms with Crippen molar-refractivity contribution in [2.24, 2.45) is 5.92 Å². The molecule has 1 aromatic carbocycles. The van der Waals surface area contributed by atoms with Gasteiger partial charge in [-0.2, -0.15) is 0 Å². The predicted octanol–water partition coefficient (Wildman–Crippen LogP) is 1.92. The third-order valence-electron chi connectivity index (χ3n) is 4.88. The van der Waals surface area contributed by atoms with Gasteiger partial charge in [0.05, 0.1) is 4.92 Å². The zero-order valence-corrected chi connectivity index (χ0v) is 13.8. The molecule has 2 aliphatic rings. The number of carbonyl (C=O) groups excluding carboxylic acids is 1. The number of hydrogen-bond acceptors (Lipinski definition) is 5. The Kier molecular flexibility index (Phi) is 5.30. The van der Waals surface area contributed by atoms with Crippen molar-refractivity contribution in [3.05, 3.63) is 33.9 Å². The normalized spacial score (nSPS) is 20.3. The maximum absolute atomic E-state index is 12.3. The van der Waals surface area contributed by atoms with Gasteiger partial charge < -0.3 is 15.5 Å². The van der Waals surface area contributed by atoms with Gasteiger partial charge in [0.15, 0.2) is 0 Å². The topological polar surface area (TPSA) is 87.5 Å². The molecule has 3 rings (SSSR count). The van der Waals surface area contributed by atoms with E-state index < -0.39 is 4.92 Å². The standard InChI is InChI=1S/C17H24N4O3/c22-17(19-8-6-13-5-7-18-12-13)14-3-4-15(16(11-14)21(23)24)20-9-1-2-10-20/h3-4,11,13,18H,1-2,5-10,12H2,(H,19,22). The number of nitro groups is 1. The summed E-state index contributed by atoms with van der Waals surface area (Å²) < 4.78 is 0. The van der Waals surface area contributed by atoms with Crippen LogP contribution in [0.15, 0.2) is 18.2 Å². The molecule has 2 fully saturated rings. The summed E-state index contributed by atoms with van der Waals surface area (Å²) in [6, 6.07) is 4.80. The fourth-order valence-corrected chi connectivity index (χ4v) is 3.49. The predicted molar refractivity (Wildman–Crippen MR) is 92.5 cm³/mol. The highest BCUT2D eigenvalue weighted by Crippen LogP contribution is 2.31. The first-order chi connectivity index (χ1) is 11.6. The van der Waals surface area contributed by atoms with Gasteiger partial charge in [-0.3, -0.25) is 14.9 Å². The average molecular weight is 332 g/mol. The molecule has 2 aliphatic heterocycles. The van der Waals surface area contributed by atoms with E-state index in [1.54, 1.807) is 12.1 Å². The fraction of sp³-hybridized carbons (Fsp3) is 0.588. The van der Waals surface area contributed by atoms with Crippen molar-refractivity contribution in [2.45, 2.75) is 25.7 Å². The minimum atomic E-state index is -0.394. The Bertz CT molecular complexity index is 608. The molecule has 1 amide bonds. The Morgan fingerprint density at radius 2 is 2.17 bits per heavy atom. The van der Waals surface area contributed by atoms with E-state index in [1.807, 2.05) is 4.90 Å². The number of carbonyl (C=O) groups is 1. The second kappa shape index (κ2) is 7.61. The fourth-order valence-electron chi connectivity index (χ4n) is 3.49. The van der Waals surface area contributed by atoms with Crippen LogP contribution in [0.4, 0.5) is 11.4 Å². The largest absolute Gasteiger partial charge is 0.366 e. The first-order valence-electron chi connectivity index (χ1n) is 8.67. The van der Waals surface area contributed by atoms with Gasteiger partial charge in [-0.05, 0) is 56.8 Å². The van der Waals surface area contributed by atoms with Crippen LogP contribution in [-0.2, 0) is 0 Å². The van der Waals surface area contributed by atoms with E-state index in [4.69, 9.17) is 0 Å². The highest BCUT2D eigenvalue weighted by Gasteiger charge is 2.24. The maximum atomic E-state index is 12.3. The molecule has 0 bridgehead atoms. The second-order valence-electron chi connectivity index (χ2n) is 6.56. The molecule has 0 saturated carbocycles. The lowest BCUT2D eigenvalue weighted by molar-refractivity contribution is -0.384. The molecule has 0 radical (unpaired) electrons. The summed E-state index contributed by atoms with van der Waals surface area (Å²) in [7, 11) is 0. The third kappa shape index (κ3) is 3.84. The molecule has 1 atom stereocenters. The molecule has 2 heterocycles. The van der Waals surface area contributed by atoms with Crippen LogP contribution in [0.2, 0.25) is 0 Å². The van der Waals surface area contributed by atoms with Gasteiger partial charge in [-0.1, -0.05) is 0 Å². The average Bonchev–Trinajstić information content (AvgIpc) is 3.28. The van der Waals surface area contributed by atoms with E-state index in [0.29, 0.717) is 23.7 Å². The van der Waals surface area contributed by atoms with Crippen molar-refractivity contribution in [3.8, 4) is 0 Å². The first-order valence-corrected chi connectivity index (χ1v) is 8.67. The summed E-state index contributed by atoms with van der Waals surface area (Å²) in [5.74, 6) is 0.370. The molecule has 0 aliphatic carbocycles. The third-order valence-corrected chi connectivity index (χ3v) is 4.88. The molecular weight excluding hydrogens is 308 g/mol. The monoisotopic (exact) mass is 332 g/mol. The number of nitrogens with one attached hydrogen (secondary N) is 2. The van der Waals surface area contributed by atoms with Gasteiger partial charge in [-0.25, -0.2) is 0 Å². The van der Waals surface area contributed by atoms with Crippen molar-refractivity contribution in [1.82, 2.24) is 10.6 Å². The minimum Gasteiger partial charge on any atom is -0.366 e. The van der Waals surface area contributed by atoms with Gasteiger partial charge >= 0.3 is 0 Å². The van der Waals surface area contributed by atoms with Crippen LogP contribution < -0.4 is 15.5 Å². The van der Waals surface area contributed by atoms with E-state index in [0.717, 1.165) is 51.9 Å². The van der Waals surface area contributed by atoms with Gasteiger partial charge in [-0.15, -0.1) is 0 Å². The lowest BCUT2D eigenvalue weighted by Crippen LogP contribution is -2.26. The Balaban J connectivity index is 1.64. The first kappa shape index (κ1) is 16.7. The molecule has 24 heavy (non-hydrogen) atoms. The van der Waals surface area contributed by atoms with Crippen LogP contribution in [0.25, 0.3) is 0 Å². The number of benzene rings is 1. The molecule has 7 heteroatoms. The summed E-state index contributed by atoms with van der Waals surface area (Å²) in [5, 5.41) is 17.6. The molecule has 130 valence electrons. The lowest BCUT2D eigenvalue weighted by atomic mass is 10.1. The Morgan fingerprint density at radius 1 is 1.38 bits per heavy atom. The quantitative estimate of drug-likeness (QED) is 0.614. The van der Waals surface area contributed by atoms with E-state index in [2.05, 4.69) is 10.6 Å². The summed E-state index contributed by atoms with van der Waals surface area (Å²) in [4.78, 5) is 25.3. The number of rotatable bonds is 6. The molecule has 7 nitrogen and oxygen atoms in total. The highest BCUT2D eigenvalue weighted by atomic mass is 16.6. The summed E-state index contributed by atoms with van der Waals surface area (Å²) in [5.41, 5.74) is 0.991. The van der Waals surface area contributed by atoms with E-state index in [9.17, 15) is 14.9 Å². The summed E-state index contributed by atoms with van der Waals surface area (Å²) in [6.45, 7) is 4.32. The van der Waals surface area contributed by atoms with Crippen LogP contribution in [-0.4, -0.2) is 43.6 Å². The lowest BCUT2D eigenvalue weighted by Gasteiger charge is -2.18. The number of hydrogen-bond donors (Lipinski definition) is 2. The van der Waals surface area contributed by atoms with Gasteiger partial charge in [0, 0.05) is 31.3 Å². The number of nitro benzene ring substituents is 1. The summed E-state index contributed by atoms with van der Waals surface area (Å²) >= 11 is 0. The molecule has 1 aromatic rings. The van der Waals surface area contributed by atoms with Crippen molar-refractivity contribution >= 4 is 17.3 Å². The molecule has 1 unspecified atom stereocenters.